The van der Waals surface area contributed by atoms with Crippen molar-refractivity contribution in [3.63, 3.8) is 0 Å². The molecule has 2 rings (SSSR count). The molecule has 0 N–H and O–H groups in total. The molecule has 0 saturated carbocycles. The molecule has 0 fully saturated rings. The summed E-state index contributed by atoms with van der Waals surface area (Å²) < 4.78 is 0. The number of benzene rings is 2. The Labute approximate surface area is 168 Å². The Hall–Kier alpha value is -1.56. The lowest BCUT2D eigenvalue weighted by atomic mass is 9.78. The minimum absolute atomic E-state index is 0.174. The van der Waals surface area contributed by atoms with E-state index in [2.05, 4.69) is 112 Å². The van der Waals surface area contributed by atoms with Gasteiger partial charge in [-0.25, -0.2) is 0 Å². The van der Waals surface area contributed by atoms with Crippen LogP contribution in [0.5, 0.6) is 0 Å². The third kappa shape index (κ3) is 5.71. The van der Waals surface area contributed by atoms with Gasteiger partial charge in [-0.3, -0.25) is 0 Å². The van der Waals surface area contributed by atoms with Crippen LogP contribution in [-0.4, -0.2) is 0 Å². The van der Waals surface area contributed by atoms with Gasteiger partial charge in [0.05, 0.1) is 0 Å². The van der Waals surface area contributed by atoms with Crippen molar-refractivity contribution in [3.8, 4) is 0 Å². The molecule has 0 aliphatic carbocycles. The summed E-state index contributed by atoms with van der Waals surface area (Å²) >= 11 is 0. The highest BCUT2D eigenvalue weighted by Crippen LogP contribution is 2.32. The maximum Gasteiger partial charge on any atom is -0.0132 e. The van der Waals surface area contributed by atoms with Crippen molar-refractivity contribution < 1.29 is 0 Å². The Morgan fingerprint density at radius 3 is 1.37 bits per heavy atom. The van der Waals surface area contributed by atoms with Gasteiger partial charge in [0.25, 0.3) is 0 Å². The van der Waals surface area contributed by atoms with Gasteiger partial charge in [-0.05, 0) is 56.4 Å². The summed E-state index contributed by atoms with van der Waals surface area (Å²) in [6, 6.07) is 16.5. The van der Waals surface area contributed by atoms with Crippen LogP contribution in [0.1, 0.15) is 103 Å². The topological polar surface area (TPSA) is 0 Å². The van der Waals surface area contributed by atoms with E-state index in [-0.39, 0.29) is 16.2 Å². The largest absolute Gasteiger partial charge is 0.0585 e. The Morgan fingerprint density at radius 1 is 0.593 bits per heavy atom. The van der Waals surface area contributed by atoms with Gasteiger partial charge in [-0.1, -0.05) is 112 Å². The van der Waals surface area contributed by atoms with Crippen LogP contribution in [0.25, 0.3) is 0 Å². The van der Waals surface area contributed by atoms with Crippen LogP contribution < -0.4 is 0 Å². The van der Waals surface area contributed by atoms with Gasteiger partial charge >= 0.3 is 0 Å². The third-order valence-electron chi connectivity index (χ3n) is 5.61. The van der Waals surface area contributed by atoms with Gasteiger partial charge in [-0.2, -0.15) is 0 Å². The standard InChI is InChI=1S/C27H40/c1-19(21-11-13-22(14-12-21)25(2,3)4)15-20-16-23(26(5,6)7)18-24(17-20)27(8,9)10/h11-14,16-19H,15H2,1-10H3. The average Bonchev–Trinajstić information content (AvgIpc) is 2.52. The van der Waals surface area contributed by atoms with E-state index in [1.165, 1.54) is 27.8 Å². The van der Waals surface area contributed by atoms with Crippen LogP contribution in [-0.2, 0) is 22.7 Å². The maximum atomic E-state index is 2.43. The van der Waals surface area contributed by atoms with Crippen molar-refractivity contribution in [3.05, 3.63) is 70.3 Å². The molecule has 0 nitrogen and oxygen atoms in total. The molecule has 0 aromatic heterocycles. The van der Waals surface area contributed by atoms with Crippen molar-refractivity contribution in [2.45, 2.75) is 97.8 Å². The molecule has 1 atom stereocenters. The zero-order valence-electron chi connectivity index (χ0n) is 19.3. The average molecular weight is 365 g/mol. The van der Waals surface area contributed by atoms with Crippen molar-refractivity contribution in [2.24, 2.45) is 0 Å². The molecule has 0 radical (unpaired) electrons. The van der Waals surface area contributed by atoms with E-state index in [0.717, 1.165) is 6.42 Å². The fourth-order valence-corrected chi connectivity index (χ4v) is 3.46. The summed E-state index contributed by atoms with van der Waals surface area (Å²) in [6.45, 7) is 23.1. The van der Waals surface area contributed by atoms with Gasteiger partial charge < -0.3 is 0 Å². The lowest BCUT2D eigenvalue weighted by Crippen LogP contribution is -2.17. The first kappa shape index (κ1) is 21.7. The first-order valence-electron chi connectivity index (χ1n) is 10.4. The van der Waals surface area contributed by atoms with E-state index in [1.54, 1.807) is 0 Å². The zero-order valence-corrected chi connectivity index (χ0v) is 19.3. The first-order valence-corrected chi connectivity index (χ1v) is 10.4. The summed E-state index contributed by atoms with van der Waals surface area (Å²) in [5.41, 5.74) is 7.75. The maximum absolute atomic E-state index is 2.43. The van der Waals surface area contributed by atoms with Crippen LogP contribution in [0.15, 0.2) is 42.5 Å². The molecule has 0 aliphatic heterocycles. The van der Waals surface area contributed by atoms with E-state index in [4.69, 9.17) is 0 Å². The van der Waals surface area contributed by atoms with Gasteiger partial charge in [0, 0.05) is 0 Å². The van der Waals surface area contributed by atoms with Gasteiger partial charge in [-0.15, -0.1) is 0 Å². The highest BCUT2D eigenvalue weighted by atomic mass is 14.3. The SMILES string of the molecule is CC(Cc1cc(C(C)(C)C)cc(C(C)(C)C)c1)c1ccc(C(C)(C)C)cc1. The highest BCUT2D eigenvalue weighted by molar-refractivity contribution is 5.38. The summed E-state index contributed by atoms with van der Waals surface area (Å²) in [5.74, 6) is 0.516. The molecule has 2 aromatic carbocycles. The molecule has 0 heterocycles. The smallest absolute Gasteiger partial charge is 0.0132 e. The van der Waals surface area contributed by atoms with Crippen LogP contribution in [0, 0.1) is 0 Å². The van der Waals surface area contributed by atoms with E-state index in [0.29, 0.717) is 5.92 Å². The molecule has 2 aromatic rings. The second-order valence-corrected chi connectivity index (χ2v) is 11.4. The summed E-state index contributed by atoms with van der Waals surface area (Å²) in [4.78, 5) is 0. The molecule has 0 saturated heterocycles. The molecule has 0 bridgehead atoms. The molecular formula is C27H40. The minimum atomic E-state index is 0.174. The molecule has 27 heavy (non-hydrogen) atoms. The second kappa shape index (κ2) is 7.46. The third-order valence-corrected chi connectivity index (χ3v) is 5.61. The predicted octanol–water partition coefficient (Wildman–Crippen LogP) is 7.93. The highest BCUT2D eigenvalue weighted by Gasteiger charge is 2.21. The lowest BCUT2D eigenvalue weighted by molar-refractivity contribution is 0.565. The summed E-state index contributed by atoms with van der Waals surface area (Å²) in [6.07, 6.45) is 1.09. The lowest BCUT2D eigenvalue weighted by Gasteiger charge is -2.27. The Morgan fingerprint density at radius 2 is 1.00 bits per heavy atom. The molecular weight excluding hydrogens is 324 g/mol. The van der Waals surface area contributed by atoms with E-state index < -0.39 is 0 Å². The quantitative estimate of drug-likeness (QED) is 0.518. The Balaban J connectivity index is 2.33. The van der Waals surface area contributed by atoms with Gasteiger partial charge in [0.1, 0.15) is 0 Å². The Kier molecular flexibility index (Phi) is 6.00. The van der Waals surface area contributed by atoms with Crippen LogP contribution >= 0.6 is 0 Å². The normalized spacial score (nSPS) is 14.3. The van der Waals surface area contributed by atoms with Crippen LogP contribution in [0.4, 0.5) is 0 Å². The number of hydrogen-bond acceptors (Lipinski definition) is 0. The molecule has 0 aliphatic rings. The minimum Gasteiger partial charge on any atom is -0.0585 e. The molecule has 148 valence electrons. The molecule has 0 spiro atoms. The monoisotopic (exact) mass is 364 g/mol. The zero-order chi connectivity index (χ0) is 20.6. The van der Waals surface area contributed by atoms with Crippen molar-refractivity contribution in [1.82, 2.24) is 0 Å². The van der Waals surface area contributed by atoms with Crippen molar-refractivity contribution in [2.75, 3.05) is 0 Å². The van der Waals surface area contributed by atoms with Crippen LogP contribution in [0.3, 0.4) is 0 Å². The molecule has 0 heteroatoms. The van der Waals surface area contributed by atoms with E-state index >= 15 is 0 Å². The van der Waals surface area contributed by atoms with Gasteiger partial charge in [0.15, 0.2) is 0 Å². The summed E-state index contributed by atoms with van der Waals surface area (Å²) in [7, 11) is 0. The van der Waals surface area contributed by atoms with E-state index in [1.807, 2.05) is 0 Å². The van der Waals surface area contributed by atoms with E-state index in [9.17, 15) is 0 Å². The second-order valence-electron chi connectivity index (χ2n) is 11.4. The number of hydrogen-bond donors (Lipinski definition) is 0. The fourth-order valence-electron chi connectivity index (χ4n) is 3.46. The fraction of sp³-hybridized carbons (Fsp3) is 0.556. The number of rotatable bonds is 3. The van der Waals surface area contributed by atoms with Crippen molar-refractivity contribution in [1.29, 1.82) is 0 Å². The first-order chi connectivity index (χ1) is 12.2. The Bertz CT molecular complexity index is 723. The molecule has 1 unspecified atom stereocenters. The van der Waals surface area contributed by atoms with Gasteiger partial charge in [0.2, 0.25) is 0 Å². The summed E-state index contributed by atoms with van der Waals surface area (Å²) in [5, 5.41) is 0. The van der Waals surface area contributed by atoms with Crippen LogP contribution in [0.2, 0.25) is 0 Å². The van der Waals surface area contributed by atoms with Crippen molar-refractivity contribution >= 4 is 0 Å². The predicted molar refractivity (Wildman–Crippen MR) is 121 cm³/mol. The molecule has 0 amide bonds.